The number of carbonyl (C=O) groups is 1. The van der Waals surface area contributed by atoms with Gasteiger partial charge in [-0.15, -0.1) is 0 Å². The van der Waals surface area contributed by atoms with Crippen LogP contribution in [0.15, 0.2) is 77.7 Å². The fraction of sp³-hybridized carbons (Fsp3) is 0.344. The van der Waals surface area contributed by atoms with E-state index in [1.807, 2.05) is 60.9 Å². The Hall–Kier alpha value is -3.02. The van der Waals surface area contributed by atoms with Crippen LogP contribution in [0, 0.1) is 0 Å². The summed E-state index contributed by atoms with van der Waals surface area (Å²) < 4.78 is 10.7. The Morgan fingerprint density at radius 1 is 0.919 bits per heavy atom. The molecule has 4 aromatic rings. The molecule has 0 saturated carbocycles. The number of nitrogens with zero attached hydrogens (tertiary/aromatic N) is 1. The van der Waals surface area contributed by atoms with Crippen molar-refractivity contribution in [3.05, 3.63) is 83.9 Å². The number of nitrogens with one attached hydrogen (secondary N) is 1. The number of carbonyl (C=O) groups excluding carboxylic acids is 1. The van der Waals surface area contributed by atoms with Gasteiger partial charge in [0.15, 0.2) is 0 Å². The van der Waals surface area contributed by atoms with Gasteiger partial charge >= 0.3 is 0 Å². The van der Waals surface area contributed by atoms with E-state index in [9.17, 15) is 4.79 Å². The summed E-state index contributed by atoms with van der Waals surface area (Å²) in [6.45, 7) is 8.66. The van der Waals surface area contributed by atoms with Crippen LogP contribution in [0.4, 0.5) is 0 Å². The first-order chi connectivity index (χ1) is 18.1. The molecule has 3 aromatic carbocycles. The van der Waals surface area contributed by atoms with E-state index in [-0.39, 0.29) is 5.91 Å². The third-order valence-electron chi connectivity index (χ3n) is 6.32. The number of methoxy groups -OCH3 is 1. The first kappa shape index (κ1) is 28.5. The van der Waals surface area contributed by atoms with Crippen LogP contribution in [0.1, 0.15) is 62.9 Å². The molecule has 196 valence electrons. The third-order valence-corrected chi connectivity index (χ3v) is 7.17. The van der Waals surface area contributed by atoms with E-state index in [1.165, 1.54) is 35.3 Å². The van der Waals surface area contributed by atoms with E-state index < -0.39 is 0 Å². The number of hydrogen-bond donors (Lipinski definition) is 1. The Morgan fingerprint density at radius 2 is 1.62 bits per heavy atom. The van der Waals surface area contributed by atoms with Crippen molar-refractivity contribution in [1.29, 1.82) is 0 Å². The van der Waals surface area contributed by atoms with Gasteiger partial charge in [0, 0.05) is 23.8 Å². The number of para-hydroxylation sites is 1. The normalized spacial score (nSPS) is 10.7. The Balaban J connectivity index is 0.00000186. The molecule has 1 N–H and O–H groups in total. The van der Waals surface area contributed by atoms with E-state index in [0.29, 0.717) is 0 Å². The first-order valence-corrected chi connectivity index (χ1v) is 14.2. The van der Waals surface area contributed by atoms with Crippen LogP contribution in [0.5, 0.6) is 5.75 Å². The minimum Gasteiger partial charge on any atom is -0.497 e. The molecule has 0 spiro atoms. The Bertz CT molecular complexity index is 1260. The van der Waals surface area contributed by atoms with Crippen LogP contribution in [-0.4, -0.2) is 24.1 Å². The van der Waals surface area contributed by atoms with Crippen LogP contribution in [0.3, 0.4) is 0 Å². The lowest BCUT2D eigenvalue weighted by molar-refractivity contribution is 0.0943. The average molecular weight is 517 g/mol. The second-order valence-corrected chi connectivity index (χ2v) is 9.74. The summed E-state index contributed by atoms with van der Waals surface area (Å²) in [6, 6.07) is 25.0. The molecule has 0 atom stereocenters. The van der Waals surface area contributed by atoms with Crippen LogP contribution < -0.4 is 9.46 Å². The summed E-state index contributed by atoms with van der Waals surface area (Å²) in [5.74, 6) is 0.815. The highest BCUT2D eigenvalue weighted by Crippen LogP contribution is 2.35. The predicted molar refractivity (Wildman–Crippen MR) is 159 cm³/mol. The van der Waals surface area contributed by atoms with Gasteiger partial charge in [0.25, 0.3) is 0 Å². The van der Waals surface area contributed by atoms with Gasteiger partial charge in [-0.25, -0.2) is 0 Å². The summed E-state index contributed by atoms with van der Waals surface area (Å²) in [5.41, 5.74) is 5.51. The van der Waals surface area contributed by atoms with Crippen LogP contribution in [-0.2, 0) is 12.8 Å². The quantitative estimate of drug-likeness (QED) is 0.160. The maximum absolute atomic E-state index is 12.7. The van der Waals surface area contributed by atoms with Crippen molar-refractivity contribution in [3.8, 4) is 17.0 Å². The fourth-order valence-corrected chi connectivity index (χ4v) is 5.20. The number of aromatic nitrogens is 1. The summed E-state index contributed by atoms with van der Waals surface area (Å²) in [4.78, 5) is 13.9. The maximum Gasteiger partial charge on any atom is 0.228 e. The van der Waals surface area contributed by atoms with Crippen molar-refractivity contribution >= 4 is 28.8 Å². The first-order valence-electron chi connectivity index (χ1n) is 13.4. The fourth-order valence-electron chi connectivity index (χ4n) is 4.55. The molecule has 0 bridgehead atoms. The van der Waals surface area contributed by atoms with Crippen molar-refractivity contribution in [3.63, 3.8) is 0 Å². The van der Waals surface area contributed by atoms with Gasteiger partial charge in [-0.3, -0.25) is 14.1 Å². The summed E-state index contributed by atoms with van der Waals surface area (Å²) in [7, 11) is 1.66. The minimum absolute atomic E-state index is 0.0135. The van der Waals surface area contributed by atoms with Gasteiger partial charge in [0.1, 0.15) is 5.75 Å². The second kappa shape index (κ2) is 14.7. The van der Waals surface area contributed by atoms with E-state index in [2.05, 4.69) is 42.0 Å². The molecule has 4 nitrogen and oxygen atoms in total. The molecule has 0 amide bonds. The number of aryl methyl sites for hydroxylation is 1. The summed E-state index contributed by atoms with van der Waals surface area (Å²) >= 11 is 1.66. The van der Waals surface area contributed by atoms with Gasteiger partial charge in [-0.2, -0.15) is 0 Å². The number of ether oxygens (including phenoxy) is 1. The van der Waals surface area contributed by atoms with Crippen LogP contribution >= 0.6 is 11.9 Å². The van der Waals surface area contributed by atoms with E-state index in [4.69, 9.17) is 4.74 Å². The number of rotatable bonds is 11. The molecule has 37 heavy (non-hydrogen) atoms. The highest BCUT2D eigenvalue weighted by molar-refractivity contribution is 7.97. The number of hydrogen-bond acceptors (Lipinski definition) is 4. The van der Waals surface area contributed by atoms with Gasteiger partial charge in [0.2, 0.25) is 5.91 Å². The lowest BCUT2D eigenvalue weighted by atomic mass is 10.0. The zero-order valence-electron chi connectivity index (χ0n) is 22.8. The largest absolute Gasteiger partial charge is 0.497 e. The molecule has 0 fully saturated rings. The van der Waals surface area contributed by atoms with Crippen LogP contribution in [0.2, 0.25) is 0 Å². The molecule has 0 aliphatic carbocycles. The van der Waals surface area contributed by atoms with Gasteiger partial charge in [-0.1, -0.05) is 63.9 Å². The number of benzene rings is 3. The molecule has 0 radical (unpaired) electrons. The van der Waals surface area contributed by atoms with Crippen LogP contribution in [0.25, 0.3) is 22.2 Å². The van der Waals surface area contributed by atoms with Crippen molar-refractivity contribution in [2.24, 2.45) is 0 Å². The van der Waals surface area contributed by atoms with Crippen molar-refractivity contribution in [1.82, 2.24) is 9.29 Å². The average Bonchev–Trinajstić information content (AvgIpc) is 3.28. The SMILES string of the molecule is CC.CCCCCc1ccc(SNCCc2c(-c3ccc(OC)cc3)n(C(C)=O)c3ccccc23)cc1. The predicted octanol–water partition coefficient (Wildman–Crippen LogP) is 8.58. The molecule has 5 heteroatoms. The lowest BCUT2D eigenvalue weighted by Crippen LogP contribution is -2.11. The van der Waals surface area contributed by atoms with E-state index >= 15 is 0 Å². The topological polar surface area (TPSA) is 43.3 Å². The molecular formula is C32H40N2O2S. The van der Waals surface area contributed by atoms with E-state index in [1.54, 1.807) is 26.0 Å². The Kier molecular flexibility index (Phi) is 11.3. The van der Waals surface area contributed by atoms with Gasteiger partial charge in [0.05, 0.1) is 18.3 Å². The third kappa shape index (κ3) is 7.27. The second-order valence-electron chi connectivity index (χ2n) is 8.77. The van der Waals surface area contributed by atoms with Gasteiger partial charge < -0.3 is 4.74 Å². The monoisotopic (exact) mass is 516 g/mol. The molecule has 0 aliphatic heterocycles. The molecule has 0 saturated heterocycles. The minimum atomic E-state index is 0.0135. The Labute approximate surface area is 226 Å². The van der Waals surface area contributed by atoms with Crippen molar-refractivity contribution < 1.29 is 9.53 Å². The number of unbranched alkanes of at least 4 members (excludes halogenated alkanes) is 2. The molecule has 0 aliphatic rings. The zero-order valence-corrected chi connectivity index (χ0v) is 23.7. The zero-order chi connectivity index (χ0) is 26.6. The Morgan fingerprint density at radius 3 is 2.27 bits per heavy atom. The van der Waals surface area contributed by atoms with Gasteiger partial charge in [-0.05, 0) is 90.4 Å². The standard InChI is InChI=1S/C30H34N2O2S.C2H6/c1-4-5-6-9-23-12-18-26(19-13-23)35-31-21-20-28-27-10-7-8-11-29(27)32(22(2)33)30(28)24-14-16-25(34-3)17-15-24;1-2/h7-8,10-19,31H,4-6,9,20-21H2,1-3H3;1-2H3. The molecule has 1 aromatic heterocycles. The molecule has 0 unspecified atom stereocenters. The highest BCUT2D eigenvalue weighted by Gasteiger charge is 2.20. The molecular weight excluding hydrogens is 476 g/mol. The maximum atomic E-state index is 12.7. The molecule has 4 rings (SSSR count). The summed E-state index contributed by atoms with van der Waals surface area (Å²) in [6.07, 6.45) is 5.76. The summed E-state index contributed by atoms with van der Waals surface area (Å²) in [5, 5.41) is 1.12. The molecule has 1 heterocycles. The van der Waals surface area contributed by atoms with Crippen molar-refractivity contribution in [2.45, 2.75) is 64.7 Å². The smallest absolute Gasteiger partial charge is 0.228 e. The lowest BCUT2D eigenvalue weighted by Gasteiger charge is -2.11. The van der Waals surface area contributed by atoms with Crippen molar-refractivity contribution in [2.75, 3.05) is 13.7 Å². The highest BCUT2D eigenvalue weighted by atomic mass is 32.2. The number of fused-ring (bicyclic) bond motifs is 1. The van der Waals surface area contributed by atoms with E-state index in [0.717, 1.165) is 47.3 Å².